The number of likely N-dealkylation sites (tertiary alicyclic amines) is 1. The van der Waals surface area contributed by atoms with Crippen LogP contribution in [0, 0.1) is 6.92 Å². The highest BCUT2D eigenvalue weighted by Crippen LogP contribution is 2.33. The Kier molecular flexibility index (Phi) is 8.18. The third-order valence-corrected chi connectivity index (χ3v) is 8.15. The van der Waals surface area contributed by atoms with Gasteiger partial charge in [-0.25, -0.2) is 0 Å². The van der Waals surface area contributed by atoms with Crippen LogP contribution in [0.5, 0.6) is 5.75 Å². The summed E-state index contributed by atoms with van der Waals surface area (Å²) in [7, 11) is 0. The predicted molar refractivity (Wildman–Crippen MR) is 147 cm³/mol. The second-order valence-electron chi connectivity index (χ2n) is 10.4. The third kappa shape index (κ3) is 5.94. The summed E-state index contributed by atoms with van der Waals surface area (Å²) in [6.07, 6.45) is 4.11. The number of ether oxygens (including phenoxy) is 1. The Morgan fingerprint density at radius 2 is 2.00 bits per heavy atom. The first-order valence-electron chi connectivity index (χ1n) is 13.5. The fourth-order valence-corrected chi connectivity index (χ4v) is 5.77. The van der Waals surface area contributed by atoms with E-state index in [9.17, 15) is 19.2 Å². The molecule has 2 unspecified atom stereocenters. The Morgan fingerprint density at radius 1 is 1.15 bits per heavy atom. The highest BCUT2D eigenvalue weighted by Gasteiger charge is 2.40. The molecule has 9 nitrogen and oxygen atoms in total. The maximum absolute atomic E-state index is 13.1. The van der Waals surface area contributed by atoms with Gasteiger partial charge in [0.05, 0.1) is 19.2 Å². The van der Waals surface area contributed by atoms with E-state index < -0.39 is 11.9 Å². The van der Waals surface area contributed by atoms with Gasteiger partial charge in [-0.3, -0.25) is 29.4 Å². The molecule has 2 N–H and O–H groups in total. The number of benzene rings is 2. The van der Waals surface area contributed by atoms with Crippen molar-refractivity contribution in [3.05, 3.63) is 58.1 Å². The van der Waals surface area contributed by atoms with Crippen LogP contribution in [-0.2, 0) is 20.9 Å². The molecule has 0 radical (unpaired) electrons. The molecule has 2 fully saturated rings. The first-order chi connectivity index (χ1) is 18.8. The van der Waals surface area contributed by atoms with Crippen LogP contribution >= 0.6 is 11.6 Å². The van der Waals surface area contributed by atoms with Gasteiger partial charge in [-0.1, -0.05) is 30.2 Å². The number of aryl methyl sites for hydroxylation is 1. The van der Waals surface area contributed by atoms with Crippen molar-refractivity contribution in [3.8, 4) is 5.75 Å². The number of fused-ring (bicyclic) bond motifs is 1. The molecule has 10 heteroatoms. The Morgan fingerprint density at radius 3 is 2.79 bits per heavy atom. The number of carbonyl (C=O) groups is 4. The lowest BCUT2D eigenvalue weighted by Crippen LogP contribution is -2.52. The minimum Gasteiger partial charge on any atom is -0.493 e. The van der Waals surface area contributed by atoms with Gasteiger partial charge in [0.1, 0.15) is 11.8 Å². The zero-order valence-electron chi connectivity index (χ0n) is 22.0. The summed E-state index contributed by atoms with van der Waals surface area (Å²) >= 11 is 6.22. The number of carbonyl (C=O) groups excluding carboxylic acids is 4. The number of imide groups is 1. The van der Waals surface area contributed by atoms with E-state index in [0.29, 0.717) is 48.0 Å². The van der Waals surface area contributed by atoms with E-state index in [1.165, 1.54) is 4.90 Å². The number of nitrogens with zero attached hydrogens (tertiary/aromatic N) is 2. The Bertz CT molecular complexity index is 1300. The van der Waals surface area contributed by atoms with Crippen LogP contribution in [0.1, 0.15) is 60.0 Å². The summed E-state index contributed by atoms with van der Waals surface area (Å²) < 4.78 is 6.11. The summed E-state index contributed by atoms with van der Waals surface area (Å²) in [5.74, 6) is -0.358. The van der Waals surface area contributed by atoms with Crippen molar-refractivity contribution in [3.63, 3.8) is 0 Å². The quantitative estimate of drug-likeness (QED) is 0.382. The number of anilines is 1. The second-order valence-corrected chi connectivity index (χ2v) is 10.8. The lowest BCUT2D eigenvalue weighted by molar-refractivity contribution is -0.137. The molecule has 4 amide bonds. The van der Waals surface area contributed by atoms with E-state index >= 15 is 0 Å². The van der Waals surface area contributed by atoms with Gasteiger partial charge in [0, 0.05) is 34.8 Å². The lowest BCUT2D eigenvalue weighted by Gasteiger charge is -2.34. The van der Waals surface area contributed by atoms with Gasteiger partial charge in [-0.05, 0) is 69.0 Å². The Hall–Kier alpha value is -3.43. The number of amides is 4. The Labute approximate surface area is 232 Å². The monoisotopic (exact) mass is 552 g/mol. The maximum atomic E-state index is 13.1. The van der Waals surface area contributed by atoms with Gasteiger partial charge >= 0.3 is 0 Å². The van der Waals surface area contributed by atoms with Crippen LogP contribution in [-0.4, -0.2) is 65.2 Å². The minimum atomic E-state index is -0.659. The summed E-state index contributed by atoms with van der Waals surface area (Å²) in [5.41, 5.74) is 2.95. The largest absolute Gasteiger partial charge is 0.493 e. The third-order valence-electron chi connectivity index (χ3n) is 7.74. The molecule has 0 spiro atoms. The highest BCUT2D eigenvalue weighted by atomic mass is 35.5. The number of hydrogen-bond donors (Lipinski definition) is 2. The predicted octanol–water partition coefficient (Wildman–Crippen LogP) is 3.67. The van der Waals surface area contributed by atoms with E-state index in [0.717, 1.165) is 36.9 Å². The number of hydrogen-bond acceptors (Lipinski definition) is 6. The molecule has 3 aliphatic heterocycles. The van der Waals surface area contributed by atoms with Crippen molar-refractivity contribution < 1.29 is 23.9 Å². The van der Waals surface area contributed by atoms with Crippen molar-refractivity contribution >= 4 is 40.9 Å². The molecular formula is C29H33ClN4O5. The van der Waals surface area contributed by atoms with Crippen molar-refractivity contribution in [2.45, 2.75) is 64.1 Å². The first kappa shape index (κ1) is 27.1. The van der Waals surface area contributed by atoms with Crippen molar-refractivity contribution in [1.82, 2.24) is 15.1 Å². The molecule has 2 aromatic rings. The van der Waals surface area contributed by atoms with E-state index in [1.54, 1.807) is 18.2 Å². The van der Waals surface area contributed by atoms with Gasteiger partial charge < -0.3 is 15.0 Å². The average molecular weight is 553 g/mol. The highest BCUT2D eigenvalue weighted by molar-refractivity contribution is 6.31. The zero-order valence-corrected chi connectivity index (χ0v) is 22.8. The smallest absolute Gasteiger partial charge is 0.255 e. The van der Waals surface area contributed by atoms with Crippen LogP contribution < -0.4 is 15.4 Å². The molecule has 3 heterocycles. The molecule has 0 saturated carbocycles. The van der Waals surface area contributed by atoms with E-state index in [1.807, 2.05) is 25.1 Å². The van der Waals surface area contributed by atoms with E-state index in [4.69, 9.17) is 16.3 Å². The fraction of sp³-hybridized carbons (Fsp3) is 0.448. The standard InChI is InChI=1S/C29H33ClN4O5/c1-18-9-10-19(16-22(18)30)31-27(36)23-7-2-3-13-33(23)14-5-15-39-25-8-4-6-20-21(25)17-34(29(20)38)24-11-12-26(35)32-28(24)37/h4,6,8-10,16,23-24H,2-3,5,7,11-15,17H2,1H3,(H,31,36)(H,32,35,37). The van der Waals surface area contributed by atoms with E-state index in [-0.39, 0.29) is 36.7 Å². The van der Waals surface area contributed by atoms with Crippen molar-refractivity contribution in [2.75, 3.05) is 25.0 Å². The molecule has 2 aromatic carbocycles. The number of piperidine rings is 2. The van der Waals surface area contributed by atoms with Crippen LogP contribution in [0.25, 0.3) is 0 Å². The molecule has 2 atom stereocenters. The molecule has 39 heavy (non-hydrogen) atoms. The fourth-order valence-electron chi connectivity index (χ4n) is 5.59. The van der Waals surface area contributed by atoms with Crippen molar-refractivity contribution in [1.29, 1.82) is 0 Å². The summed E-state index contributed by atoms with van der Waals surface area (Å²) in [6, 6.07) is 10.0. The molecular weight excluding hydrogens is 520 g/mol. The summed E-state index contributed by atoms with van der Waals surface area (Å²) in [6.45, 7) is 4.19. The number of halogens is 1. The molecule has 2 saturated heterocycles. The van der Waals surface area contributed by atoms with Crippen LogP contribution in [0.15, 0.2) is 36.4 Å². The molecule has 0 aliphatic carbocycles. The molecule has 3 aliphatic rings. The SMILES string of the molecule is Cc1ccc(NC(=O)C2CCCCN2CCCOc2cccc3c2CN(C2CCC(=O)NC2=O)C3=O)cc1Cl. The lowest BCUT2D eigenvalue weighted by atomic mass is 10.0. The molecule has 0 aromatic heterocycles. The molecule has 5 rings (SSSR count). The van der Waals surface area contributed by atoms with E-state index in [2.05, 4.69) is 15.5 Å². The van der Waals surface area contributed by atoms with Gasteiger partial charge in [0.15, 0.2) is 0 Å². The number of nitrogens with one attached hydrogen (secondary N) is 2. The topological polar surface area (TPSA) is 108 Å². The van der Waals surface area contributed by atoms with Crippen LogP contribution in [0.4, 0.5) is 5.69 Å². The van der Waals surface area contributed by atoms with Gasteiger partial charge in [-0.2, -0.15) is 0 Å². The van der Waals surface area contributed by atoms with Gasteiger partial charge in [-0.15, -0.1) is 0 Å². The zero-order chi connectivity index (χ0) is 27.5. The van der Waals surface area contributed by atoms with Gasteiger partial charge in [0.25, 0.3) is 5.91 Å². The van der Waals surface area contributed by atoms with Crippen LogP contribution in [0.3, 0.4) is 0 Å². The second kappa shape index (κ2) is 11.8. The summed E-state index contributed by atoms with van der Waals surface area (Å²) in [4.78, 5) is 53.7. The summed E-state index contributed by atoms with van der Waals surface area (Å²) in [5, 5.41) is 5.97. The maximum Gasteiger partial charge on any atom is 0.255 e. The van der Waals surface area contributed by atoms with Crippen molar-refractivity contribution in [2.24, 2.45) is 0 Å². The number of rotatable bonds is 8. The minimum absolute atomic E-state index is 0.0246. The van der Waals surface area contributed by atoms with Crippen LogP contribution in [0.2, 0.25) is 5.02 Å². The first-order valence-corrected chi connectivity index (χ1v) is 13.9. The Balaban J connectivity index is 1.16. The average Bonchev–Trinajstić information content (AvgIpc) is 3.25. The normalized spacial score (nSPS) is 21.5. The molecule has 206 valence electrons. The van der Waals surface area contributed by atoms with Gasteiger partial charge in [0.2, 0.25) is 17.7 Å². The molecule has 0 bridgehead atoms.